The standard InChI is InChI=1S/C23H34N4O3S.HI/c1-4-24-23(25-15-14-22(28)21-8-6-5-7-9-21)26-16-19-10-12-20(13-11-19)17-31(29,30)27-18(2)3;/h5-13,18,22,27-28H,4,14-17H2,1-3H3,(H2,24,25,26);1H. The second-order valence-corrected chi connectivity index (χ2v) is 9.44. The number of aliphatic hydroxyl groups excluding tert-OH is 1. The maximum atomic E-state index is 12.1. The van der Waals surface area contributed by atoms with Crippen molar-refractivity contribution in [3.8, 4) is 0 Å². The second-order valence-electron chi connectivity index (χ2n) is 7.69. The number of hydrogen-bond donors (Lipinski definition) is 4. The highest BCUT2D eigenvalue weighted by Gasteiger charge is 2.12. The third-order valence-electron chi connectivity index (χ3n) is 4.45. The average molecular weight is 575 g/mol. The van der Waals surface area contributed by atoms with E-state index in [0.717, 1.165) is 23.2 Å². The lowest BCUT2D eigenvalue weighted by atomic mass is 10.1. The molecule has 0 saturated heterocycles. The van der Waals surface area contributed by atoms with Crippen LogP contribution in [0.5, 0.6) is 0 Å². The molecule has 32 heavy (non-hydrogen) atoms. The van der Waals surface area contributed by atoms with Gasteiger partial charge >= 0.3 is 0 Å². The highest BCUT2D eigenvalue weighted by Crippen LogP contribution is 2.15. The second kappa shape index (κ2) is 14.5. The third-order valence-corrected chi connectivity index (χ3v) is 6.00. The van der Waals surface area contributed by atoms with E-state index in [2.05, 4.69) is 20.3 Å². The summed E-state index contributed by atoms with van der Waals surface area (Å²) in [6, 6.07) is 16.9. The van der Waals surface area contributed by atoms with Gasteiger partial charge in [0, 0.05) is 19.1 Å². The van der Waals surface area contributed by atoms with Crippen molar-refractivity contribution >= 4 is 40.0 Å². The summed E-state index contributed by atoms with van der Waals surface area (Å²) in [5, 5.41) is 16.7. The normalized spacial score (nSPS) is 12.8. The van der Waals surface area contributed by atoms with Crippen molar-refractivity contribution in [2.75, 3.05) is 13.1 Å². The number of nitrogens with one attached hydrogen (secondary N) is 3. The van der Waals surface area contributed by atoms with Crippen LogP contribution in [0.4, 0.5) is 0 Å². The summed E-state index contributed by atoms with van der Waals surface area (Å²) in [6.07, 6.45) is 0.0488. The van der Waals surface area contributed by atoms with E-state index in [1.165, 1.54) is 0 Å². The van der Waals surface area contributed by atoms with E-state index in [9.17, 15) is 13.5 Å². The Kier molecular flexibility index (Phi) is 12.8. The number of rotatable bonds is 11. The number of halogens is 1. The van der Waals surface area contributed by atoms with Crippen LogP contribution in [-0.4, -0.2) is 38.6 Å². The fraction of sp³-hybridized carbons (Fsp3) is 0.435. The van der Waals surface area contributed by atoms with Crippen LogP contribution in [0.1, 0.15) is 50.0 Å². The average Bonchev–Trinajstić information content (AvgIpc) is 2.72. The third kappa shape index (κ3) is 10.8. The van der Waals surface area contributed by atoms with Crippen LogP contribution in [0.15, 0.2) is 59.6 Å². The number of hydrogen-bond acceptors (Lipinski definition) is 4. The monoisotopic (exact) mass is 574 g/mol. The van der Waals surface area contributed by atoms with Crippen molar-refractivity contribution in [2.45, 2.75) is 51.6 Å². The number of sulfonamides is 1. The molecule has 0 aliphatic rings. The maximum Gasteiger partial charge on any atom is 0.216 e. The van der Waals surface area contributed by atoms with Crippen LogP contribution in [0, 0.1) is 0 Å². The summed E-state index contributed by atoms with van der Waals surface area (Å²) < 4.78 is 26.7. The largest absolute Gasteiger partial charge is 0.388 e. The highest BCUT2D eigenvalue weighted by atomic mass is 127. The topological polar surface area (TPSA) is 103 Å². The van der Waals surface area contributed by atoms with Crippen LogP contribution in [0.25, 0.3) is 0 Å². The summed E-state index contributed by atoms with van der Waals surface area (Å²) >= 11 is 0. The molecule has 9 heteroatoms. The minimum Gasteiger partial charge on any atom is -0.388 e. The van der Waals surface area contributed by atoms with Crippen LogP contribution in [0.2, 0.25) is 0 Å². The predicted octanol–water partition coefficient (Wildman–Crippen LogP) is 3.31. The molecular weight excluding hydrogens is 539 g/mol. The van der Waals surface area contributed by atoms with Gasteiger partial charge in [0.05, 0.1) is 18.4 Å². The summed E-state index contributed by atoms with van der Waals surface area (Å²) in [7, 11) is -3.34. The number of aliphatic imine (C=N–C) groups is 1. The molecule has 0 bridgehead atoms. The van der Waals surface area contributed by atoms with E-state index in [1.807, 2.05) is 61.5 Å². The Morgan fingerprint density at radius 1 is 1.00 bits per heavy atom. The Morgan fingerprint density at radius 3 is 2.22 bits per heavy atom. The molecule has 2 aromatic carbocycles. The molecule has 0 saturated carbocycles. The highest BCUT2D eigenvalue weighted by molar-refractivity contribution is 14.0. The Balaban J connectivity index is 0.00000512. The number of nitrogens with zero attached hydrogens (tertiary/aromatic N) is 1. The Morgan fingerprint density at radius 2 is 1.62 bits per heavy atom. The van der Waals surface area contributed by atoms with E-state index >= 15 is 0 Å². The molecule has 178 valence electrons. The van der Waals surface area contributed by atoms with Crippen molar-refractivity contribution in [3.63, 3.8) is 0 Å². The summed E-state index contributed by atoms with van der Waals surface area (Å²) in [5.41, 5.74) is 2.62. The molecule has 2 aromatic rings. The Bertz CT molecular complexity index is 920. The molecule has 0 aliphatic carbocycles. The number of guanidine groups is 1. The van der Waals surface area contributed by atoms with Crippen LogP contribution in [-0.2, 0) is 22.3 Å². The molecular formula is C23H35IN4O3S. The van der Waals surface area contributed by atoms with Crippen LogP contribution < -0.4 is 15.4 Å². The molecule has 0 aromatic heterocycles. The van der Waals surface area contributed by atoms with Gasteiger partial charge in [0.2, 0.25) is 10.0 Å². The lowest BCUT2D eigenvalue weighted by molar-refractivity contribution is 0.168. The lowest BCUT2D eigenvalue weighted by Crippen LogP contribution is -2.38. The minimum atomic E-state index is -3.34. The first-order valence-corrected chi connectivity index (χ1v) is 12.3. The zero-order valence-electron chi connectivity index (χ0n) is 18.9. The van der Waals surface area contributed by atoms with Gasteiger partial charge < -0.3 is 15.7 Å². The molecule has 0 aliphatic heterocycles. The van der Waals surface area contributed by atoms with E-state index < -0.39 is 16.1 Å². The van der Waals surface area contributed by atoms with Gasteiger partial charge in [-0.2, -0.15) is 0 Å². The first-order chi connectivity index (χ1) is 14.8. The van der Waals surface area contributed by atoms with E-state index in [-0.39, 0.29) is 35.8 Å². The lowest BCUT2D eigenvalue weighted by Gasteiger charge is -2.14. The van der Waals surface area contributed by atoms with E-state index in [0.29, 0.717) is 25.5 Å². The molecule has 0 spiro atoms. The molecule has 1 atom stereocenters. The van der Waals surface area contributed by atoms with Crippen molar-refractivity contribution in [1.29, 1.82) is 0 Å². The van der Waals surface area contributed by atoms with Crippen molar-refractivity contribution < 1.29 is 13.5 Å². The molecule has 2 rings (SSSR count). The molecule has 0 fully saturated rings. The summed E-state index contributed by atoms with van der Waals surface area (Å²) in [6.45, 7) is 7.38. The summed E-state index contributed by atoms with van der Waals surface area (Å²) in [4.78, 5) is 4.58. The molecule has 0 heterocycles. The summed E-state index contributed by atoms with van der Waals surface area (Å²) in [5.74, 6) is 0.637. The van der Waals surface area contributed by atoms with E-state index in [4.69, 9.17) is 0 Å². The Hall–Kier alpha value is -1.69. The minimum absolute atomic E-state index is 0. The predicted molar refractivity (Wildman–Crippen MR) is 142 cm³/mol. The fourth-order valence-corrected chi connectivity index (χ4v) is 4.48. The first kappa shape index (κ1) is 28.3. The zero-order valence-corrected chi connectivity index (χ0v) is 22.1. The fourth-order valence-electron chi connectivity index (χ4n) is 3.04. The molecule has 4 N–H and O–H groups in total. The number of aliphatic hydroxyl groups is 1. The zero-order chi connectivity index (χ0) is 22.7. The Labute approximate surface area is 209 Å². The molecule has 1 unspecified atom stereocenters. The maximum absolute atomic E-state index is 12.1. The molecule has 0 radical (unpaired) electrons. The van der Waals surface area contributed by atoms with Gasteiger partial charge in [-0.25, -0.2) is 18.1 Å². The van der Waals surface area contributed by atoms with E-state index in [1.54, 1.807) is 13.8 Å². The van der Waals surface area contributed by atoms with Crippen LogP contribution in [0.3, 0.4) is 0 Å². The van der Waals surface area contributed by atoms with Gasteiger partial charge in [-0.15, -0.1) is 24.0 Å². The van der Waals surface area contributed by atoms with Gasteiger partial charge in [0.1, 0.15) is 0 Å². The van der Waals surface area contributed by atoms with Crippen molar-refractivity contribution in [3.05, 3.63) is 71.3 Å². The van der Waals surface area contributed by atoms with Crippen LogP contribution >= 0.6 is 24.0 Å². The first-order valence-electron chi connectivity index (χ1n) is 10.6. The van der Waals surface area contributed by atoms with Crippen molar-refractivity contribution in [1.82, 2.24) is 15.4 Å². The quantitative estimate of drug-likeness (QED) is 0.188. The van der Waals surface area contributed by atoms with Gasteiger partial charge in [-0.05, 0) is 43.9 Å². The van der Waals surface area contributed by atoms with Crippen molar-refractivity contribution in [2.24, 2.45) is 4.99 Å². The van der Waals surface area contributed by atoms with Gasteiger partial charge in [-0.3, -0.25) is 0 Å². The smallest absolute Gasteiger partial charge is 0.216 e. The van der Waals surface area contributed by atoms with Gasteiger partial charge in [-0.1, -0.05) is 54.6 Å². The van der Waals surface area contributed by atoms with Gasteiger partial charge in [0.15, 0.2) is 5.96 Å². The number of benzene rings is 2. The SMILES string of the molecule is CCNC(=NCc1ccc(CS(=O)(=O)NC(C)C)cc1)NCCC(O)c1ccccc1.I. The molecule has 7 nitrogen and oxygen atoms in total. The van der Waals surface area contributed by atoms with Gasteiger partial charge in [0.25, 0.3) is 0 Å². The molecule has 0 amide bonds.